The molecule has 1 aromatic rings. The number of nitrogens with one attached hydrogen (secondary N) is 4. The van der Waals surface area contributed by atoms with Crippen molar-refractivity contribution in [1.29, 1.82) is 0 Å². The normalized spacial score (nSPS) is 18.2. The van der Waals surface area contributed by atoms with E-state index in [-0.39, 0.29) is 119 Å². The summed E-state index contributed by atoms with van der Waals surface area (Å²) in [6.07, 6.45) is 9.67. The van der Waals surface area contributed by atoms with Gasteiger partial charge in [-0.1, -0.05) is 17.8 Å². The third kappa shape index (κ3) is 18.4. The second kappa shape index (κ2) is 27.1. The molecule has 396 valence electrons. The monoisotopic (exact) mass is 1180 g/mol. The van der Waals surface area contributed by atoms with Gasteiger partial charge in [0.05, 0.1) is 47.5 Å². The first kappa shape index (κ1) is 67.2. The number of imide groups is 4. The molecule has 12 amide bonds. The summed E-state index contributed by atoms with van der Waals surface area (Å²) < 4.78 is 3.04. The molecule has 5 heterocycles. The van der Waals surface area contributed by atoms with E-state index in [4.69, 9.17) is 12.0 Å². The molecule has 0 atom stereocenters. The van der Waals surface area contributed by atoms with Gasteiger partial charge in [0.15, 0.2) is 0 Å². The molecule has 0 saturated carbocycles. The average molecular weight is 1180 g/mol. The number of urea groups is 4. The van der Waals surface area contributed by atoms with Crippen molar-refractivity contribution in [2.24, 2.45) is 5.11 Å². The zero-order chi connectivity index (χ0) is 50.1. The van der Waals surface area contributed by atoms with Gasteiger partial charge in [0.2, 0.25) is 0 Å². The highest BCUT2D eigenvalue weighted by Crippen LogP contribution is 2.20. The number of halogens is 3. The second-order valence-corrected chi connectivity index (χ2v) is 20.2. The van der Waals surface area contributed by atoms with Gasteiger partial charge in [-0.05, 0) is 79.7 Å². The highest BCUT2D eigenvalue weighted by molar-refractivity contribution is 6.08. The van der Waals surface area contributed by atoms with Gasteiger partial charge in [0.25, 0.3) is 23.6 Å². The van der Waals surface area contributed by atoms with E-state index in [9.17, 15) is 38.4 Å². The Labute approximate surface area is 443 Å². The molecule has 0 radical (unpaired) electrons. The topological polar surface area (TPSA) is 277 Å². The zero-order valence-electron chi connectivity index (χ0n) is 41.8. The Bertz CT molecular complexity index is 2130. The average Bonchev–Trinajstić information content (AvgIpc) is 3.88. The number of aromatic nitrogens is 3. The molecule has 27 heteroatoms. The van der Waals surface area contributed by atoms with E-state index in [0.717, 1.165) is 30.1 Å². The number of hydrogen-bond donors (Lipinski definition) is 4. The Morgan fingerprint density at radius 2 is 0.943 bits per heavy atom. The van der Waals surface area contributed by atoms with Crippen LogP contribution < -0.4 is 72.2 Å². The summed E-state index contributed by atoms with van der Waals surface area (Å²) in [7, 11) is 8.20. The zero-order valence-corrected chi connectivity index (χ0v) is 46.6. The maximum absolute atomic E-state index is 12.3. The molecule has 4 aliphatic heterocycles. The molecule has 0 aromatic carbocycles. The van der Waals surface area contributed by atoms with Gasteiger partial charge in [-0.25, -0.2) is 19.2 Å². The number of aryl methyl sites for hydroxylation is 1. The van der Waals surface area contributed by atoms with Crippen LogP contribution in [0.4, 0.5) is 19.2 Å². The molecule has 1 aromatic heterocycles. The van der Waals surface area contributed by atoms with Gasteiger partial charge in [0.1, 0.15) is 40.9 Å². The minimum absolute atomic E-state index is 0. The molecular formula is C43H74Br3N16O8-. The number of amides is 12. The minimum atomic E-state index is -0.858. The number of rotatable bonds is 19. The van der Waals surface area contributed by atoms with Crippen molar-refractivity contribution < 1.29 is 98.3 Å². The standard InChI is InChI=1S/C21H34N8O4.C13H21N3O2.C8H13N5O2.CH4.3BrH/c1-20(2)16(30)27(18(32)22-20)10-7-9-26-13-15(24-25-26)14-29(5,6)12-8-11-28-17(31)21(3,4)23-19(28)33;1-6-9-16(4,5)10-7-8-15-11(17)13(2,3)14-12(15)18;1-8(2)6(14)13(7(15)11-8)5-3-4-10-12-9;;;;/h13H,7-12,14H2,1-6H3,(H-,22,23,32,33);1H,7-10H2,2-5H3;3-5H2,1-2H3,(H,11,15);1H4;3*1H/p-1. The summed E-state index contributed by atoms with van der Waals surface area (Å²) in [6, 6.07) is -1.38. The lowest BCUT2D eigenvalue weighted by Gasteiger charge is -2.29. The van der Waals surface area contributed by atoms with Crippen molar-refractivity contribution in [1.82, 2.24) is 55.9 Å². The molecule has 4 saturated heterocycles. The quantitative estimate of drug-likeness (QED) is 0.0193. The summed E-state index contributed by atoms with van der Waals surface area (Å²) in [5.74, 6) is 1.81. The van der Waals surface area contributed by atoms with Crippen molar-refractivity contribution in [2.75, 3.05) is 80.5 Å². The fourth-order valence-corrected chi connectivity index (χ4v) is 7.50. The van der Waals surface area contributed by atoms with Crippen LogP contribution in [-0.2, 0) is 32.3 Å². The van der Waals surface area contributed by atoms with Crippen LogP contribution in [-0.4, -0.2) is 194 Å². The first-order valence-electron chi connectivity index (χ1n) is 21.9. The Morgan fingerprint density at radius 1 is 0.600 bits per heavy atom. The fraction of sp³-hybridized carbons (Fsp3) is 0.721. The predicted molar refractivity (Wildman–Crippen MR) is 248 cm³/mol. The summed E-state index contributed by atoms with van der Waals surface area (Å²) in [4.78, 5) is 103. The van der Waals surface area contributed by atoms with Gasteiger partial charge in [-0.2, -0.15) is 0 Å². The summed E-state index contributed by atoms with van der Waals surface area (Å²) in [5, 5.41) is 22.3. The van der Waals surface area contributed by atoms with Crippen molar-refractivity contribution in [2.45, 2.75) is 124 Å². The van der Waals surface area contributed by atoms with Gasteiger partial charge in [-0.3, -0.25) is 43.5 Å². The molecule has 0 spiro atoms. The Balaban J connectivity index is 0. The molecular weight excluding hydrogens is 1110 g/mol. The van der Waals surface area contributed by atoms with Crippen LogP contribution in [0.2, 0.25) is 0 Å². The number of quaternary nitrogens is 2. The number of nitrogens with zero attached hydrogens (tertiary/aromatic N) is 12. The molecule has 4 aliphatic rings. The Hall–Kier alpha value is -4.87. The molecule has 70 heavy (non-hydrogen) atoms. The number of azide groups is 1. The lowest BCUT2D eigenvalue weighted by Crippen LogP contribution is -3.00. The van der Waals surface area contributed by atoms with Crippen LogP contribution in [0.1, 0.15) is 94.2 Å². The molecule has 0 bridgehead atoms. The van der Waals surface area contributed by atoms with Crippen molar-refractivity contribution in [3.05, 3.63) is 22.3 Å². The number of carbonyl (C=O) groups excluding carboxylic acids is 8. The molecule has 4 N–H and O–H groups in total. The highest BCUT2D eigenvalue weighted by Gasteiger charge is 2.46. The van der Waals surface area contributed by atoms with Crippen LogP contribution in [0.15, 0.2) is 11.3 Å². The van der Waals surface area contributed by atoms with E-state index in [1.165, 1.54) is 14.7 Å². The van der Waals surface area contributed by atoms with Crippen LogP contribution in [0, 0.1) is 12.3 Å². The maximum atomic E-state index is 12.3. The molecule has 0 unspecified atom stereocenters. The SMILES string of the molecule is C.C#CC[N+](C)(C)CCCN1C(=O)NC(C)(C)C1=O.CC1(C)NC(=O)N(CCCN=[N+]=[N-])C1=O.CC1(C)NC(=O)N(CCCn2cc(C[N+](C)(C)CCCN3C(=O)NC(C)(C)C3=O)nn2)C1=O.[Br-].[Br-].[Br-]. The van der Waals surface area contributed by atoms with E-state index >= 15 is 0 Å². The summed E-state index contributed by atoms with van der Waals surface area (Å²) >= 11 is 0. The van der Waals surface area contributed by atoms with Gasteiger partial charge >= 0.3 is 24.1 Å². The smallest absolute Gasteiger partial charge is 0.325 e. The van der Waals surface area contributed by atoms with E-state index in [1.807, 2.05) is 20.3 Å². The highest BCUT2D eigenvalue weighted by atomic mass is 79.9. The van der Waals surface area contributed by atoms with Crippen LogP contribution in [0.25, 0.3) is 10.4 Å². The predicted octanol–water partition coefficient (Wildman–Crippen LogP) is -6.62. The Kier molecular flexibility index (Phi) is 26.0. The van der Waals surface area contributed by atoms with E-state index < -0.39 is 22.2 Å². The van der Waals surface area contributed by atoms with Gasteiger partial charge < -0.3 is 81.2 Å². The molecule has 4 fully saturated rings. The lowest BCUT2D eigenvalue weighted by molar-refractivity contribution is -0.904. The summed E-state index contributed by atoms with van der Waals surface area (Å²) in [6.45, 7) is 18.7. The fourth-order valence-electron chi connectivity index (χ4n) is 7.50. The number of terminal acetylenes is 1. The van der Waals surface area contributed by atoms with Crippen LogP contribution in [0.5, 0.6) is 0 Å². The van der Waals surface area contributed by atoms with E-state index in [0.29, 0.717) is 67.5 Å². The largest absolute Gasteiger partial charge is 1.00 e. The number of hydrogen-bond acceptors (Lipinski definition) is 11. The third-order valence-corrected chi connectivity index (χ3v) is 11.2. The lowest BCUT2D eigenvalue weighted by atomic mass is 10.1. The minimum Gasteiger partial charge on any atom is -1.00 e. The third-order valence-electron chi connectivity index (χ3n) is 11.2. The number of carbonyl (C=O) groups is 8. The summed E-state index contributed by atoms with van der Waals surface area (Å²) in [5.41, 5.74) is 5.57. The first-order chi connectivity index (χ1) is 30.4. The molecule has 0 aliphatic carbocycles. The second-order valence-electron chi connectivity index (χ2n) is 20.2. The van der Waals surface area contributed by atoms with Crippen molar-refractivity contribution in [3.8, 4) is 12.3 Å². The van der Waals surface area contributed by atoms with Crippen molar-refractivity contribution in [3.63, 3.8) is 0 Å². The van der Waals surface area contributed by atoms with Crippen LogP contribution >= 0.6 is 0 Å². The van der Waals surface area contributed by atoms with Crippen LogP contribution in [0.3, 0.4) is 0 Å². The van der Waals surface area contributed by atoms with E-state index in [2.05, 4.69) is 61.6 Å². The van der Waals surface area contributed by atoms with Gasteiger partial charge in [0, 0.05) is 57.0 Å². The maximum Gasteiger partial charge on any atom is 0.325 e. The molecule has 5 rings (SSSR count). The van der Waals surface area contributed by atoms with Gasteiger partial charge in [-0.15, -0.1) is 11.5 Å². The first-order valence-corrected chi connectivity index (χ1v) is 21.9. The van der Waals surface area contributed by atoms with Crippen molar-refractivity contribution >= 4 is 47.8 Å². The van der Waals surface area contributed by atoms with E-state index in [1.54, 1.807) is 60.1 Å². The molecule has 24 nitrogen and oxygen atoms in total. The Morgan fingerprint density at radius 3 is 1.27 bits per heavy atom.